The number of esters is 1. The van der Waals surface area contributed by atoms with E-state index in [9.17, 15) is 9.59 Å². The number of halogens is 1. The first-order valence-corrected chi connectivity index (χ1v) is 8.28. The van der Waals surface area contributed by atoms with Crippen molar-refractivity contribution in [2.45, 2.75) is 32.1 Å². The average molecular weight is 383 g/mol. The molecule has 6 nitrogen and oxygen atoms in total. The van der Waals surface area contributed by atoms with Gasteiger partial charge in [-0.3, -0.25) is 9.59 Å². The highest BCUT2D eigenvalue weighted by atomic mass is 79.9. The zero-order valence-electron chi connectivity index (χ0n) is 13.0. The number of benzene rings is 1. The molecule has 0 saturated heterocycles. The van der Waals surface area contributed by atoms with Gasteiger partial charge in [0.2, 0.25) is 0 Å². The van der Waals surface area contributed by atoms with Crippen molar-refractivity contribution in [2.75, 3.05) is 13.7 Å². The Morgan fingerprint density at radius 1 is 1.26 bits per heavy atom. The van der Waals surface area contributed by atoms with Gasteiger partial charge >= 0.3 is 5.97 Å². The zero-order valence-corrected chi connectivity index (χ0v) is 14.5. The van der Waals surface area contributed by atoms with Crippen LogP contribution in [0.1, 0.15) is 32.1 Å². The largest absolute Gasteiger partial charge is 0.469 e. The monoisotopic (exact) mass is 382 g/mol. The van der Waals surface area contributed by atoms with Gasteiger partial charge in [-0.1, -0.05) is 22.4 Å². The fourth-order valence-corrected chi connectivity index (χ4v) is 2.52. The summed E-state index contributed by atoms with van der Waals surface area (Å²) >= 11 is 3.34. The van der Waals surface area contributed by atoms with E-state index in [1.165, 1.54) is 18.2 Å². The molecule has 0 atom stereocenters. The fourth-order valence-electron chi connectivity index (χ4n) is 2.16. The molecule has 0 bridgehead atoms. The van der Waals surface area contributed by atoms with E-state index in [0.29, 0.717) is 23.9 Å². The number of hydrogen-bond donors (Lipinski definition) is 0. The van der Waals surface area contributed by atoms with Crippen LogP contribution in [-0.4, -0.2) is 29.4 Å². The molecule has 0 N–H and O–H groups in total. The van der Waals surface area contributed by atoms with Crippen molar-refractivity contribution in [3.8, 4) is 0 Å². The second-order valence-corrected chi connectivity index (χ2v) is 6.03. The minimum atomic E-state index is -0.220. The van der Waals surface area contributed by atoms with Gasteiger partial charge < -0.3 is 9.57 Å². The van der Waals surface area contributed by atoms with E-state index in [-0.39, 0.29) is 11.5 Å². The molecule has 0 spiro atoms. The zero-order chi connectivity index (χ0) is 16.7. The summed E-state index contributed by atoms with van der Waals surface area (Å²) in [6, 6.07) is 5.36. The maximum atomic E-state index is 12.3. The van der Waals surface area contributed by atoms with E-state index in [1.54, 1.807) is 12.1 Å². The topological polar surface area (TPSA) is 70.4 Å². The highest BCUT2D eigenvalue weighted by molar-refractivity contribution is 9.10. The molecule has 0 aliphatic carbocycles. The first-order valence-electron chi connectivity index (χ1n) is 7.49. The predicted octanol–water partition coefficient (Wildman–Crippen LogP) is 2.71. The summed E-state index contributed by atoms with van der Waals surface area (Å²) in [4.78, 5) is 32.9. The number of methoxy groups -OCH3 is 1. The minimum Gasteiger partial charge on any atom is -0.469 e. The number of rotatable bonds is 8. The third-order valence-electron chi connectivity index (χ3n) is 3.42. The molecule has 7 heteroatoms. The lowest BCUT2D eigenvalue weighted by molar-refractivity contribution is -0.140. The number of aromatic nitrogens is 2. The Balaban J connectivity index is 1.80. The van der Waals surface area contributed by atoms with Crippen LogP contribution in [-0.2, 0) is 9.53 Å². The van der Waals surface area contributed by atoms with Gasteiger partial charge in [0.1, 0.15) is 12.9 Å². The normalized spacial score (nSPS) is 10.7. The lowest BCUT2D eigenvalue weighted by atomic mass is 10.1. The first-order chi connectivity index (χ1) is 11.1. The number of carbonyl (C=O) groups is 1. The van der Waals surface area contributed by atoms with Gasteiger partial charge in [0.15, 0.2) is 0 Å². The molecule has 23 heavy (non-hydrogen) atoms. The maximum Gasteiger partial charge on any atom is 0.305 e. The molecule has 2 rings (SSSR count). The molecular formula is C16H19BrN2O4. The smallest absolute Gasteiger partial charge is 0.305 e. The number of carbonyl (C=O) groups excluding carboxylic acids is 1. The molecule has 0 aliphatic heterocycles. The van der Waals surface area contributed by atoms with E-state index in [2.05, 4.69) is 25.7 Å². The average Bonchev–Trinajstić information content (AvgIpc) is 2.56. The van der Waals surface area contributed by atoms with E-state index >= 15 is 0 Å². The molecule has 0 aliphatic rings. The second kappa shape index (κ2) is 8.67. The summed E-state index contributed by atoms with van der Waals surface area (Å²) < 4.78 is 6.58. The lowest BCUT2D eigenvalue weighted by Gasteiger charge is -2.08. The molecule has 1 aromatic carbocycles. The summed E-state index contributed by atoms with van der Waals surface area (Å²) in [5, 5.41) is 0.514. The van der Waals surface area contributed by atoms with Crippen LogP contribution in [0.5, 0.6) is 0 Å². The van der Waals surface area contributed by atoms with Crippen LogP contribution < -0.4 is 10.4 Å². The van der Waals surface area contributed by atoms with Crippen LogP contribution in [0, 0.1) is 0 Å². The van der Waals surface area contributed by atoms with Gasteiger partial charge in [-0.2, -0.15) is 0 Å². The van der Waals surface area contributed by atoms with Crippen molar-refractivity contribution in [3.63, 3.8) is 0 Å². The molecule has 1 heterocycles. The highest BCUT2D eigenvalue weighted by Gasteiger charge is 2.05. The standard InChI is InChI=1S/C16H19BrN2O4/c1-22-15(20)6-4-2-3-5-9-23-19-11-18-14-8-7-12(17)10-13(14)16(19)21/h7-8,10-11H,2-6,9H2,1H3. The molecule has 0 amide bonds. The first kappa shape index (κ1) is 17.5. The molecule has 124 valence electrons. The molecule has 0 unspecified atom stereocenters. The number of hydrogen-bond acceptors (Lipinski definition) is 5. The van der Waals surface area contributed by atoms with Crippen molar-refractivity contribution >= 4 is 32.8 Å². The molecule has 0 saturated carbocycles. The van der Waals surface area contributed by atoms with Crippen LogP contribution in [0.25, 0.3) is 10.9 Å². The van der Waals surface area contributed by atoms with Crippen molar-refractivity contribution in [2.24, 2.45) is 0 Å². The Hall–Kier alpha value is -1.89. The fraction of sp³-hybridized carbons (Fsp3) is 0.438. The van der Waals surface area contributed by atoms with E-state index in [1.807, 2.05) is 6.07 Å². The molecule has 1 aromatic heterocycles. The Bertz CT molecular complexity index is 730. The van der Waals surface area contributed by atoms with Gasteiger partial charge in [0.05, 0.1) is 18.0 Å². The van der Waals surface area contributed by atoms with E-state index < -0.39 is 0 Å². The van der Waals surface area contributed by atoms with Crippen LogP contribution in [0.2, 0.25) is 0 Å². The third kappa shape index (κ3) is 5.06. The van der Waals surface area contributed by atoms with Gasteiger partial charge in [-0.05, 0) is 37.5 Å². The van der Waals surface area contributed by atoms with Gasteiger partial charge in [0, 0.05) is 10.9 Å². The second-order valence-electron chi connectivity index (χ2n) is 5.11. The number of fused-ring (bicyclic) bond motifs is 1. The summed E-state index contributed by atoms with van der Waals surface area (Å²) in [6.45, 7) is 0.430. The van der Waals surface area contributed by atoms with Crippen LogP contribution in [0.15, 0.2) is 33.8 Å². The minimum absolute atomic E-state index is 0.179. The predicted molar refractivity (Wildman–Crippen MR) is 90.3 cm³/mol. The third-order valence-corrected chi connectivity index (χ3v) is 3.92. The summed E-state index contributed by atoms with van der Waals surface area (Å²) in [5.41, 5.74) is 0.419. The van der Waals surface area contributed by atoms with Crippen LogP contribution in [0.3, 0.4) is 0 Å². The Morgan fingerprint density at radius 3 is 2.83 bits per heavy atom. The van der Waals surface area contributed by atoms with Crippen molar-refractivity contribution in [1.82, 2.24) is 9.71 Å². The summed E-state index contributed by atoms with van der Waals surface area (Å²) in [5.74, 6) is -0.179. The SMILES string of the molecule is COC(=O)CCCCCCOn1cnc2ccc(Br)cc2c1=O. The van der Waals surface area contributed by atoms with Gasteiger partial charge in [0.25, 0.3) is 5.56 Å². The molecule has 2 aromatic rings. The number of ether oxygens (including phenoxy) is 1. The lowest BCUT2D eigenvalue weighted by Crippen LogP contribution is -2.27. The van der Waals surface area contributed by atoms with Gasteiger partial charge in [-0.25, -0.2) is 4.98 Å². The molecular weight excluding hydrogens is 364 g/mol. The Kier molecular flexibility index (Phi) is 6.58. The molecule has 0 fully saturated rings. The van der Waals surface area contributed by atoms with Crippen molar-refractivity contribution in [3.05, 3.63) is 39.4 Å². The Labute approximate surface area is 142 Å². The summed E-state index contributed by atoms with van der Waals surface area (Å²) in [6.07, 6.45) is 5.31. The van der Waals surface area contributed by atoms with Crippen LogP contribution in [0.4, 0.5) is 0 Å². The number of unbranched alkanes of at least 4 members (excludes halogenated alkanes) is 3. The maximum absolute atomic E-state index is 12.3. The quantitative estimate of drug-likeness (QED) is 0.518. The van der Waals surface area contributed by atoms with Gasteiger partial charge in [-0.15, -0.1) is 4.73 Å². The van der Waals surface area contributed by atoms with Crippen molar-refractivity contribution < 1.29 is 14.4 Å². The highest BCUT2D eigenvalue weighted by Crippen LogP contribution is 2.14. The van der Waals surface area contributed by atoms with E-state index in [4.69, 9.17) is 4.84 Å². The van der Waals surface area contributed by atoms with E-state index in [0.717, 1.165) is 30.2 Å². The summed E-state index contributed by atoms with van der Waals surface area (Å²) in [7, 11) is 1.39. The molecule has 0 radical (unpaired) electrons. The van der Waals surface area contributed by atoms with Crippen molar-refractivity contribution in [1.29, 1.82) is 0 Å². The Morgan fingerprint density at radius 2 is 2.04 bits per heavy atom. The van der Waals surface area contributed by atoms with Crippen LogP contribution >= 0.6 is 15.9 Å². The number of nitrogens with zero attached hydrogens (tertiary/aromatic N) is 2.